The van der Waals surface area contributed by atoms with Crippen LogP contribution in [0.4, 0.5) is 0 Å². The van der Waals surface area contributed by atoms with E-state index in [2.05, 4.69) is 54.5 Å². The predicted octanol–water partition coefficient (Wildman–Crippen LogP) is 2.12. The third-order valence-corrected chi connectivity index (χ3v) is 3.61. The van der Waals surface area contributed by atoms with E-state index in [0.29, 0.717) is 6.04 Å². The summed E-state index contributed by atoms with van der Waals surface area (Å²) in [7, 11) is 2.08. The molecule has 0 unspecified atom stereocenters. The number of hydrogen-bond donors (Lipinski definition) is 1. The lowest BCUT2D eigenvalue weighted by Gasteiger charge is -2.36. The number of piperidine rings is 1. The molecule has 16 heavy (non-hydrogen) atoms. The Kier molecular flexibility index (Phi) is 3.97. The summed E-state index contributed by atoms with van der Waals surface area (Å²) in [6.45, 7) is 5.87. The van der Waals surface area contributed by atoms with Crippen LogP contribution in [-0.2, 0) is 6.54 Å². The Labute approximate surface area is 98.7 Å². The number of rotatable bonds is 3. The number of likely N-dealkylation sites (tertiary alicyclic amines) is 1. The van der Waals surface area contributed by atoms with E-state index in [0.717, 1.165) is 12.5 Å². The fourth-order valence-electron chi connectivity index (χ4n) is 2.65. The van der Waals surface area contributed by atoms with Crippen molar-refractivity contribution in [1.29, 1.82) is 0 Å². The van der Waals surface area contributed by atoms with Gasteiger partial charge in [0.05, 0.1) is 0 Å². The second-order valence-electron chi connectivity index (χ2n) is 4.88. The summed E-state index contributed by atoms with van der Waals surface area (Å²) in [6.07, 6.45) is 1.27. The summed E-state index contributed by atoms with van der Waals surface area (Å²) in [4.78, 5) is 2.56. The first-order valence-electron chi connectivity index (χ1n) is 6.23. The molecule has 2 rings (SSSR count). The van der Waals surface area contributed by atoms with Gasteiger partial charge < -0.3 is 5.32 Å². The Morgan fingerprint density at radius 1 is 1.31 bits per heavy atom. The molecule has 0 spiro atoms. The van der Waals surface area contributed by atoms with Crippen LogP contribution in [0.2, 0.25) is 0 Å². The van der Waals surface area contributed by atoms with Gasteiger partial charge in [0, 0.05) is 19.1 Å². The van der Waals surface area contributed by atoms with E-state index >= 15 is 0 Å². The molecule has 88 valence electrons. The Balaban J connectivity index is 1.89. The monoisotopic (exact) mass is 218 g/mol. The molecule has 2 atom stereocenters. The molecular weight excluding hydrogens is 196 g/mol. The van der Waals surface area contributed by atoms with Crippen molar-refractivity contribution in [2.75, 3.05) is 20.1 Å². The van der Waals surface area contributed by atoms with Crippen molar-refractivity contribution in [2.45, 2.75) is 25.9 Å². The van der Waals surface area contributed by atoms with Gasteiger partial charge in [0.2, 0.25) is 0 Å². The first-order valence-corrected chi connectivity index (χ1v) is 6.23. The van der Waals surface area contributed by atoms with Crippen molar-refractivity contribution < 1.29 is 0 Å². The van der Waals surface area contributed by atoms with Gasteiger partial charge in [0.15, 0.2) is 0 Å². The van der Waals surface area contributed by atoms with Crippen LogP contribution in [0.25, 0.3) is 0 Å². The average Bonchev–Trinajstić information content (AvgIpc) is 2.31. The molecule has 1 aromatic rings. The molecule has 1 saturated heterocycles. The van der Waals surface area contributed by atoms with E-state index in [4.69, 9.17) is 0 Å². The quantitative estimate of drug-likeness (QED) is 0.836. The molecule has 1 aliphatic rings. The zero-order valence-corrected chi connectivity index (χ0v) is 10.3. The van der Waals surface area contributed by atoms with Crippen LogP contribution in [-0.4, -0.2) is 31.1 Å². The van der Waals surface area contributed by atoms with Gasteiger partial charge in [-0.1, -0.05) is 37.3 Å². The Morgan fingerprint density at radius 2 is 2.06 bits per heavy atom. The van der Waals surface area contributed by atoms with Gasteiger partial charge in [-0.25, -0.2) is 0 Å². The summed E-state index contributed by atoms with van der Waals surface area (Å²) in [5.41, 5.74) is 1.43. The second-order valence-corrected chi connectivity index (χ2v) is 4.88. The van der Waals surface area contributed by atoms with E-state index < -0.39 is 0 Å². The minimum atomic E-state index is 0.701. The molecule has 0 radical (unpaired) electrons. The second kappa shape index (κ2) is 5.46. The molecule has 0 aromatic heterocycles. The van der Waals surface area contributed by atoms with Crippen molar-refractivity contribution in [3.63, 3.8) is 0 Å². The summed E-state index contributed by atoms with van der Waals surface area (Å²) < 4.78 is 0. The van der Waals surface area contributed by atoms with Gasteiger partial charge in [0.1, 0.15) is 0 Å². The SMILES string of the molecule is CN[C@H]1CCN(Cc2ccccc2)C[C@@H]1C. The van der Waals surface area contributed by atoms with Crippen LogP contribution in [0, 0.1) is 5.92 Å². The molecule has 1 aliphatic heterocycles. The average molecular weight is 218 g/mol. The molecular formula is C14H22N2. The summed E-state index contributed by atoms with van der Waals surface area (Å²) in [5.74, 6) is 0.752. The highest BCUT2D eigenvalue weighted by molar-refractivity contribution is 5.14. The third-order valence-electron chi connectivity index (χ3n) is 3.61. The third kappa shape index (κ3) is 2.83. The van der Waals surface area contributed by atoms with E-state index in [-0.39, 0.29) is 0 Å². The van der Waals surface area contributed by atoms with Crippen LogP contribution in [0.3, 0.4) is 0 Å². The predicted molar refractivity (Wildman–Crippen MR) is 68.3 cm³/mol. The number of nitrogens with one attached hydrogen (secondary N) is 1. The van der Waals surface area contributed by atoms with Crippen molar-refractivity contribution >= 4 is 0 Å². The van der Waals surface area contributed by atoms with Crippen LogP contribution in [0.1, 0.15) is 18.9 Å². The largest absolute Gasteiger partial charge is 0.317 e. The molecule has 1 aromatic carbocycles. The minimum absolute atomic E-state index is 0.701. The van der Waals surface area contributed by atoms with Crippen LogP contribution >= 0.6 is 0 Å². The minimum Gasteiger partial charge on any atom is -0.317 e. The van der Waals surface area contributed by atoms with Crippen molar-refractivity contribution in [3.05, 3.63) is 35.9 Å². The maximum Gasteiger partial charge on any atom is 0.0233 e. The van der Waals surface area contributed by atoms with Crippen molar-refractivity contribution in [2.24, 2.45) is 5.92 Å². The molecule has 1 N–H and O–H groups in total. The zero-order valence-electron chi connectivity index (χ0n) is 10.3. The molecule has 2 nitrogen and oxygen atoms in total. The highest BCUT2D eigenvalue weighted by Gasteiger charge is 2.24. The lowest BCUT2D eigenvalue weighted by atomic mass is 9.94. The fourth-order valence-corrected chi connectivity index (χ4v) is 2.65. The highest BCUT2D eigenvalue weighted by atomic mass is 15.1. The summed E-state index contributed by atoms with van der Waals surface area (Å²) in [5, 5.41) is 3.41. The van der Waals surface area contributed by atoms with E-state index in [9.17, 15) is 0 Å². The maximum absolute atomic E-state index is 3.41. The van der Waals surface area contributed by atoms with Gasteiger partial charge in [-0.05, 0) is 31.5 Å². The number of hydrogen-bond acceptors (Lipinski definition) is 2. The van der Waals surface area contributed by atoms with E-state index in [1.807, 2.05) is 0 Å². The lowest BCUT2D eigenvalue weighted by molar-refractivity contribution is 0.145. The molecule has 1 fully saturated rings. The fraction of sp³-hybridized carbons (Fsp3) is 0.571. The van der Waals surface area contributed by atoms with E-state index in [1.54, 1.807) is 0 Å². The van der Waals surface area contributed by atoms with Gasteiger partial charge >= 0.3 is 0 Å². The first-order chi connectivity index (χ1) is 7.79. The molecule has 1 heterocycles. The molecule has 2 heteroatoms. The zero-order chi connectivity index (χ0) is 11.4. The Morgan fingerprint density at radius 3 is 2.69 bits per heavy atom. The van der Waals surface area contributed by atoms with Gasteiger partial charge in [-0.15, -0.1) is 0 Å². The first kappa shape index (κ1) is 11.6. The molecule has 0 saturated carbocycles. The van der Waals surface area contributed by atoms with Crippen LogP contribution in [0.15, 0.2) is 30.3 Å². The van der Waals surface area contributed by atoms with Gasteiger partial charge in [-0.3, -0.25) is 4.90 Å². The normalized spacial score (nSPS) is 26.9. The van der Waals surface area contributed by atoms with Crippen molar-refractivity contribution in [1.82, 2.24) is 10.2 Å². The van der Waals surface area contributed by atoms with Crippen molar-refractivity contribution in [3.8, 4) is 0 Å². The number of nitrogens with zero attached hydrogens (tertiary/aromatic N) is 1. The number of benzene rings is 1. The standard InChI is InChI=1S/C14H22N2/c1-12-10-16(9-8-14(12)15-2)11-13-6-4-3-5-7-13/h3-7,12,14-15H,8-11H2,1-2H3/t12-,14-/m0/s1. The summed E-state index contributed by atoms with van der Waals surface area (Å²) in [6, 6.07) is 11.5. The lowest BCUT2D eigenvalue weighted by Crippen LogP contribution is -2.46. The Bertz CT molecular complexity index is 310. The topological polar surface area (TPSA) is 15.3 Å². The molecule has 0 bridgehead atoms. The van der Waals surface area contributed by atoms with Crippen LogP contribution < -0.4 is 5.32 Å². The van der Waals surface area contributed by atoms with Crippen LogP contribution in [0.5, 0.6) is 0 Å². The molecule has 0 aliphatic carbocycles. The molecule has 0 amide bonds. The summed E-state index contributed by atoms with van der Waals surface area (Å²) >= 11 is 0. The van der Waals surface area contributed by atoms with Gasteiger partial charge in [0.25, 0.3) is 0 Å². The Hall–Kier alpha value is -0.860. The van der Waals surface area contributed by atoms with E-state index in [1.165, 1.54) is 25.1 Å². The highest BCUT2D eigenvalue weighted by Crippen LogP contribution is 2.18. The van der Waals surface area contributed by atoms with Gasteiger partial charge in [-0.2, -0.15) is 0 Å². The smallest absolute Gasteiger partial charge is 0.0233 e. The maximum atomic E-state index is 3.41.